The smallest absolute Gasteiger partial charge is 0.358 e. The van der Waals surface area contributed by atoms with E-state index < -0.39 is 11.9 Å². The number of carbonyl (C=O) groups is 2. The molecule has 0 atom stereocenters. The molecule has 2 heterocycles. The quantitative estimate of drug-likeness (QED) is 0.888. The van der Waals surface area contributed by atoms with Crippen molar-refractivity contribution in [1.29, 1.82) is 0 Å². The molecule has 0 saturated heterocycles. The summed E-state index contributed by atoms with van der Waals surface area (Å²) in [6.45, 7) is 1.26. The number of carboxylic acid groups (broad SMARTS) is 1. The number of halogens is 2. The molecule has 0 aromatic carbocycles. The van der Waals surface area contributed by atoms with E-state index in [9.17, 15) is 9.59 Å². The Kier molecular flexibility index (Phi) is 3.14. The van der Waals surface area contributed by atoms with Crippen molar-refractivity contribution in [3.8, 4) is 0 Å². The number of pyridine rings is 1. The summed E-state index contributed by atoms with van der Waals surface area (Å²) in [5.74, 6) is -1.67. The minimum absolute atomic E-state index is 0.0226. The monoisotopic (exact) mass is 287 g/mol. The molecule has 2 rings (SSSR count). The molecule has 0 spiro atoms. The predicted octanol–water partition coefficient (Wildman–Crippen LogP) is 2.30. The second kappa shape index (κ2) is 4.47. The number of hydrogen-bond donors (Lipinski definition) is 2. The van der Waals surface area contributed by atoms with Crippen LogP contribution in [-0.2, 0) is 4.79 Å². The summed E-state index contributed by atoms with van der Waals surface area (Å²) < 4.78 is 1.33. The van der Waals surface area contributed by atoms with Crippen molar-refractivity contribution in [1.82, 2.24) is 9.38 Å². The van der Waals surface area contributed by atoms with Gasteiger partial charge in [0.25, 0.3) is 0 Å². The number of anilines is 1. The Bertz CT molecular complexity index is 666. The molecular weight excluding hydrogens is 281 g/mol. The lowest BCUT2D eigenvalue weighted by atomic mass is 10.4. The fourth-order valence-electron chi connectivity index (χ4n) is 1.51. The van der Waals surface area contributed by atoms with Gasteiger partial charge in [0.2, 0.25) is 5.91 Å². The number of nitrogens with zero attached hydrogens (tertiary/aromatic N) is 2. The first-order valence-electron chi connectivity index (χ1n) is 4.78. The SMILES string of the molecule is CC(=O)Nc1c(C(=O)O)nc2c(Cl)cc(Cl)cn12. The summed E-state index contributed by atoms with van der Waals surface area (Å²) in [5, 5.41) is 11.9. The van der Waals surface area contributed by atoms with Gasteiger partial charge in [0.15, 0.2) is 17.2 Å². The Balaban J connectivity index is 2.80. The van der Waals surface area contributed by atoms with Crippen LogP contribution in [0.25, 0.3) is 5.65 Å². The van der Waals surface area contributed by atoms with Crippen LogP contribution in [0.2, 0.25) is 10.0 Å². The van der Waals surface area contributed by atoms with E-state index in [4.69, 9.17) is 28.3 Å². The fraction of sp³-hybridized carbons (Fsp3) is 0.100. The van der Waals surface area contributed by atoms with E-state index >= 15 is 0 Å². The minimum atomic E-state index is -1.27. The van der Waals surface area contributed by atoms with Crippen LogP contribution < -0.4 is 5.32 Å². The van der Waals surface area contributed by atoms with E-state index in [2.05, 4.69) is 10.3 Å². The van der Waals surface area contributed by atoms with Crippen molar-refractivity contribution in [2.24, 2.45) is 0 Å². The molecule has 2 N–H and O–H groups in total. The van der Waals surface area contributed by atoms with Crippen LogP contribution in [0, 0.1) is 0 Å². The molecule has 1 amide bonds. The van der Waals surface area contributed by atoms with E-state index in [1.54, 1.807) is 0 Å². The minimum Gasteiger partial charge on any atom is -0.476 e. The zero-order chi connectivity index (χ0) is 13.4. The third-order valence-corrected chi connectivity index (χ3v) is 2.62. The zero-order valence-electron chi connectivity index (χ0n) is 9.07. The molecule has 0 unspecified atom stereocenters. The molecule has 2 aromatic heterocycles. The lowest BCUT2D eigenvalue weighted by Gasteiger charge is -2.04. The molecule has 2 aromatic rings. The molecule has 18 heavy (non-hydrogen) atoms. The molecule has 0 radical (unpaired) electrons. The second-order valence-corrected chi connectivity index (χ2v) is 4.34. The summed E-state index contributed by atoms with van der Waals surface area (Å²) in [6.07, 6.45) is 1.42. The molecule has 8 heteroatoms. The summed E-state index contributed by atoms with van der Waals surface area (Å²) in [7, 11) is 0. The summed E-state index contributed by atoms with van der Waals surface area (Å²) in [4.78, 5) is 26.0. The molecule has 0 fully saturated rings. The number of fused-ring (bicyclic) bond motifs is 1. The Labute approximate surface area is 111 Å². The molecule has 0 aliphatic heterocycles. The number of aromatic nitrogens is 2. The Morgan fingerprint density at radius 1 is 1.44 bits per heavy atom. The van der Waals surface area contributed by atoms with Crippen LogP contribution in [0.15, 0.2) is 12.3 Å². The van der Waals surface area contributed by atoms with Gasteiger partial charge in [-0.1, -0.05) is 23.2 Å². The molecule has 0 aliphatic rings. The van der Waals surface area contributed by atoms with Gasteiger partial charge in [-0.15, -0.1) is 0 Å². The average Bonchev–Trinajstić information content (AvgIpc) is 2.57. The third-order valence-electron chi connectivity index (χ3n) is 2.14. The predicted molar refractivity (Wildman–Crippen MR) is 66.5 cm³/mol. The van der Waals surface area contributed by atoms with Crippen molar-refractivity contribution in [3.63, 3.8) is 0 Å². The van der Waals surface area contributed by atoms with E-state index in [-0.39, 0.29) is 22.2 Å². The van der Waals surface area contributed by atoms with Gasteiger partial charge in [-0.05, 0) is 6.07 Å². The van der Waals surface area contributed by atoms with Gasteiger partial charge in [0.1, 0.15) is 0 Å². The van der Waals surface area contributed by atoms with Crippen LogP contribution >= 0.6 is 23.2 Å². The number of aromatic carboxylic acids is 1. The highest BCUT2D eigenvalue weighted by Gasteiger charge is 2.20. The molecule has 0 aliphatic carbocycles. The van der Waals surface area contributed by atoms with Crippen LogP contribution in [0.1, 0.15) is 17.4 Å². The van der Waals surface area contributed by atoms with E-state index in [0.29, 0.717) is 5.02 Å². The van der Waals surface area contributed by atoms with E-state index in [0.717, 1.165) is 0 Å². The number of imidazole rings is 1. The average molecular weight is 288 g/mol. The topological polar surface area (TPSA) is 83.7 Å². The van der Waals surface area contributed by atoms with Gasteiger partial charge >= 0.3 is 5.97 Å². The molecular formula is C10H7Cl2N3O3. The van der Waals surface area contributed by atoms with Crippen LogP contribution in [0.3, 0.4) is 0 Å². The van der Waals surface area contributed by atoms with Crippen molar-refractivity contribution in [2.45, 2.75) is 6.92 Å². The summed E-state index contributed by atoms with van der Waals surface area (Å²) in [6, 6.07) is 1.44. The van der Waals surface area contributed by atoms with E-state index in [1.807, 2.05) is 0 Å². The number of hydrogen-bond acceptors (Lipinski definition) is 3. The Morgan fingerprint density at radius 3 is 2.67 bits per heavy atom. The van der Waals surface area contributed by atoms with Crippen LogP contribution in [0.4, 0.5) is 5.82 Å². The standard InChI is InChI=1S/C10H7Cl2N3O3/c1-4(16)13-9-7(10(17)18)14-8-6(12)2-5(11)3-15(8)9/h2-3H,1H3,(H,13,16)(H,17,18). The zero-order valence-corrected chi connectivity index (χ0v) is 10.6. The number of amides is 1. The first kappa shape index (κ1) is 12.7. The maximum Gasteiger partial charge on any atom is 0.358 e. The third kappa shape index (κ3) is 2.12. The lowest BCUT2D eigenvalue weighted by Crippen LogP contribution is -2.12. The number of rotatable bonds is 2. The first-order valence-corrected chi connectivity index (χ1v) is 5.53. The fourth-order valence-corrected chi connectivity index (χ4v) is 2.02. The molecule has 6 nitrogen and oxygen atoms in total. The maximum atomic E-state index is 11.1. The highest BCUT2D eigenvalue weighted by Crippen LogP contribution is 2.27. The molecule has 0 saturated carbocycles. The van der Waals surface area contributed by atoms with Crippen molar-refractivity contribution >= 4 is 46.5 Å². The van der Waals surface area contributed by atoms with Gasteiger partial charge in [-0.25, -0.2) is 9.78 Å². The highest BCUT2D eigenvalue weighted by atomic mass is 35.5. The van der Waals surface area contributed by atoms with Gasteiger partial charge < -0.3 is 10.4 Å². The van der Waals surface area contributed by atoms with Crippen LogP contribution in [-0.4, -0.2) is 26.4 Å². The maximum absolute atomic E-state index is 11.1. The van der Waals surface area contributed by atoms with Gasteiger partial charge in [-0.2, -0.15) is 0 Å². The van der Waals surface area contributed by atoms with Crippen LogP contribution in [0.5, 0.6) is 0 Å². The highest BCUT2D eigenvalue weighted by molar-refractivity contribution is 6.36. The molecule has 0 bridgehead atoms. The number of carbonyl (C=O) groups excluding carboxylic acids is 1. The second-order valence-electron chi connectivity index (χ2n) is 3.50. The summed E-state index contributed by atoms with van der Waals surface area (Å²) >= 11 is 11.7. The number of nitrogens with one attached hydrogen (secondary N) is 1. The molecule has 94 valence electrons. The van der Waals surface area contributed by atoms with Gasteiger partial charge in [-0.3, -0.25) is 9.20 Å². The van der Waals surface area contributed by atoms with Crippen molar-refractivity contribution in [2.75, 3.05) is 5.32 Å². The van der Waals surface area contributed by atoms with Crippen molar-refractivity contribution in [3.05, 3.63) is 28.0 Å². The first-order chi connectivity index (χ1) is 8.40. The Morgan fingerprint density at radius 2 is 2.11 bits per heavy atom. The number of carboxylic acids is 1. The van der Waals surface area contributed by atoms with Gasteiger partial charge in [0.05, 0.1) is 10.0 Å². The van der Waals surface area contributed by atoms with E-state index in [1.165, 1.54) is 23.6 Å². The summed E-state index contributed by atoms with van der Waals surface area (Å²) in [5.41, 5.74) is -0.0865. The Hall–Kier alpha value is -1.79. The normalized spacial score (nSPS) is 10.6. The lowest BCUT2D eigenvalue weighted by molar-refractivity contribution is -0.114. The van der Waals surface area contributed by atoms with Crippen molar-refractivity contribution < 1.29 is 14.7 Å². The largest absolute Gasteiger partial charge is 0.476 e. The van der Waals surface area contributed by atoms with Gasteiger partial charge in [0, 0.05) is 13.1 Å².